The number of ether oxygens (including phenoxy) is 1. The number of carbonyl (C=O) groups is 1. The van der Waals surface area contributed by atoms with E-state index in [1.807, 2.05) is 72.8 Å². The maximum atomic E-state index is 11.7. The van der Waals surface area contributed by atoms with E-state index in [2.05, 4.69) is 23.2 Å². The zero-order valence-corrected chi connectivity index (χ0v) is 16.1. The fourth-order valence-electron chi connectivity index (χ4n) is 3.92. The molecule has 0 saturated carbocycles. The van der Waals surface area contributed by atoms with E-state index in [1.54, 1.807) is 0 Å². The lowest BCUT2D eigenvalue weighted by molar-refractivity contribution is -0.136. The van der Waals surface area contributed by atoms with Crippen LogP contribution in [0.25, 0.3) is 32.9 Å². The summed E-state index contributed by atoms with van der Waals surface area (Å²) in [6.45, 7) is 0. The summed E-state index contributed by atoms with van der Waals surface area (Å²) in [7, 11) is 0. The highest BCUT2D eigenvalue weighted by molar-refractivity contribution is 6.02. The van der Waals surface area contributed by atoms with Crippen LogP contribution < -0.4 is 4.74 Å². The molecular formula is C26H19NO3. The van der Waals surface area contributed by atoms with Gasteiger partial charge in [0.05, 0.1) is 12.1 Å². The van der Waals surface area contributed by atoms with Crippen molar-refractivity contribution in [3.8, 4) is 22.8 Å². The first-order chi connectivity index (χ1) is 14.7. The van der Waals surface area contributed by atoms with Crippen LogP contribution in [0.3, 0.4) is 0 Å². The van der Waals surface area contributed by atoms with E-state index in [0.717, 1.165) is 44.2 Å². The topological polar surface area (TPSA) is 62.3 Å². The highest BCUT2D eigenvalue weighted by Gasteiger charge is 2.18. The summed E-state index contributed by atoms with van der Waals surface area (Å²) in [5.41, 5.74) is 3.47. The molecule has 0 aliphatic heterocycles. The van der Waals surface area contributed by atoms with Gasteiger partial charge < -0.3 is 14.8 Å². The summed E-state index contributed by atoms with van der Waals surface area (Å²) in [5.74, 6) is 0.539. The molecule has 0 atom stereocenters. The number of benzene rings is 4. The minimum Gasteiger partial charge on any atom is -0.481 e. The van der Waals surface area contributed by atoms with Crippen LogP contribution in [0.5, 0.6) is 11.5 Å². The molecule has 0 radical (unpaired) electrons. The molecule has 0 saturated heterocycles. The Balaban J connectivity index is 1.69. The molecule has 0 bridgehead atoms. The molecule has 4 heteroatoms. The van der Waals surface area contributed by atoms with Gasteiger partial charge in [0.25, 0.3) is 0 Å². The number of carboxylic acids is 1. The van der Waals surface area contributed by atoms with Crippen LogP contribution >= 0.6 is 0 Å². The Morgan fingerprint density at radius 3 is 2.40 bits per heavy atom. The van der Waals surface area contributed by atoms with Crippen molar-refractivity contribution in [1.82, 2.24) is 4.98 Å². The molecule has 0 amide bonds. The Bertz CT molecular complexity index is 1360. The van der Waals surface area contributed by atoms with Crippen LogP contribution in [0.4, 0.5) is 0 Å². The molecule has 0 aliphatic carbocycles. The molecule has 30 heavy (non-hydrogen) atoms. The predicted octanol–water partition coefficient (Wildman–Crippen LogP) is 6.41. The van der Waals surface area contributed by atoms with Crippen LogP contribution in [0.2, 0.25) is 0 Å². The fraction of sp³-hybridized carbons (Fsp3) is 0.0385. The number of para-hydroxylation sites is 1. The standard InChI is InChI=1S/C26H19NO3/c28-25(29)16-23-22-15-19(30-18-9-2-1-3-10-18)13-14-24(22)27-26(23)21-12-6-8-17-7-4-5-11-20(17)21/h1-15,27H,16H2,(H,28,29). The first kappa shape index (κ1) is 18.0. The monoisotopic (exact) mass is 393 g/mol. The maximum absolute atomic E-state index is 11.7. The number of aromatic nitrogens is 1. The Kier molecular flexibility index (Phi) is 4.45. The van der Waals surface area contributed by atoms with Gasteiger partial charge in [-0.3, -0.25) is 4.79 Å². The number of hydrogen-bond acceptors (Lipinski definition) is 2. The summed E-state index contributed by atoms with van der Waals surface area (Å²) in [5, 5.41) is 12.6. The van der Waals surface area contributed by atoms with E-state index in [-0.39, 0.29) is 6.42 Å². The smallest absolute Gasteiger partial charge is 0.307 e. The van der Waals surface area contributed by atoms with Crippen molar-refractivity contribution >= 4 is 27.6 Å². The quantitative estimate of drug-likeness (QED) is 0.363. The lowest BCUT2D eigenvalue weighted by Gasteiger charge is -2.08. The van der Waals surface area contributed by atoms with E-state index in [1.165, 1.54) is 0 Å². The van der Waals surface area contributed by atoms with Crippen molar-refractivity contribution in [3.05, 3.63) is 96.6 Å². The van der Waals surface area contributed by atoms with E-state index in [4.69, 9.17) is 4.74 Å². The zero-order valence-electron chi connectivity index (χ0n) is 16.1. The molecular weight excluding hydrogens is 374 g/mol. The SMILES string of the molecule is O=C(O)Cc1c(-c2cccc3ccccc23)[nH]c2ccc(Oc3ccccc3)cc12. The molecule has 0 spiro atoms. The predicted molar refractivity (Wildman–Crippen MR) is 119 cm³/mol. The van der Waals surface area contributed by atoms with Gasteiger partial charge in [0.1, 0.15) is 11.5 Å². The average Bonchev–Trinajstić information content (AvgIpc) is 3.11. The van der Waals surface area contributed by atoms with Crippen LogP contribution in [0, 0.1) is 0 Å². The van der Waals surface area contributed by atoms with Gasteiger partial charge in [-0.05, 0) is 46.7 Å². The first-order valence-electron chi connectivity index (χ1n) is 9.76. The number of aliphatic carboxylic acids is 1. The van der Waals surface area contributed by atoms with Gasteiger partial charge in [-0.1, -0.05) is 60.7 Å². The lowest BCUT2D eigenvalue weighted by Crippen LogP contribution is -2.01. The van der Waals surface area contributed by atoms with Crippen molar-refractivity contribution in [2.24, 2.45) is 0 Å². The summed E-state index contributed by atoms with van der Waals surface area (Å²) < 4.78 is 5.97. The number of rotatable bonds is 5. The van der Waals surface area contributed by atoms with Crippen molar-refractivity contribution in [2.75, 3.05) is 0 Å². The van der Waals surface area contributed by atoms with Crippen molar-refractivity contribution < 1.29 is 14.6 Å². The molecule has 1 heterocycles. The Labute approximate surface area is 173 Å². The maximum Gasteiger partial charge on any atom is 0.307 e. The number of aromatic amines is 1. The molecule has 5 aromatic rings. The molecule has 5 rings (SSSR count). The number of hydrogen-bond donors (Lipinski definition) is 2. The van der Waals surface area contributed by atoms with Crippen molar-refractivity contribution in [1.29, 1.82) is 0 Å². The van der Waals surface area contributed by atoms with Gasteiger partial charge >= 0.3 is 5.97 Å². The van der Waals surface area contributed by atoms with Gasteiger partial charge in [0, 0.05) is 16.5 Å². The van der Waals surface area contributed by atoms with Crippen LogP contribution in [0.15, 0.2) is 91.0 Å². The second-order valence-electron chi connectivity index (χ2n) is 7.20. The van der Waals surface area contributed by atoms with Gasteiger partial charge in [0.2, 0.25) is 0 Å². The molecule has 0 aliphatic rings. The van der Waals surface area contributed by atoms with Gasteiger partial charge in [-0.15, -0.1) is 0 Å². The number of fused-ring (bicyclic) bond motifs is 2. The van der Waals surface area contributed by atoms with Crippen molar-refractivity contribution in [3.63, 3.8) is 0 Å². The molecule has 146 valence electrons. The summed E-state index contributed by atoms with van der Waals surface area (Å²) >= 11 is 0. The van der Waals surface area contributed by atoms with E-state index in [0.29, 0.717) is 5.75 Å². The fourth-order valence-corrected chi connectivity index (χ4v) is 3.92. The molecule has 1 aromatic heterocycles. The third kappa shape index (κ3) is 3.29. The molecule has 0 unspecified atom stereocenters. The Morgan fingerprint density at radius 2 is 1.57 bits per heavy atom. The minimum atomic E-state index is -0.869. The van der Waals surface area contributed by atoms with Crippen LogP contribution in [0.1, 0.15) is 5.56 Å². The average molecular weight is 393 g/mol. The third-order valence-electron chi connectivity index (χ3n) is 5.24. The van der Waals surface area contributed by atoms with Gasteiger partial charge in [0.15, 0.2) is 0 Å². The highest BCUT2D eigenvalue weighted by Crippen LogP contribution is 2.37. The second-order valence-corrected chi connectivity index (χ2v) is 7.20. The van der Waals surface area contributed by atoms with Crippen LogP contribution in [-0.4, -0.2) is 16.1 Å². The second kappa shape index (κ2) is 7.41. The minimum absolute atomic E-state index is 0.0760. The van der Waals surface area contributed by atoms with Gasteiger partial charge in [-0.25, -0.2) is 0 Å². The molecule has 4 nitrogen and oxygen atoms in total. The number of nitrogens with one attached hydrogen (secondary N) is 1. The zero-order chi connectivity index (χ0) is 20.5. The summed E-state index contributed by atoms with van der Waals surface area (Å²) in [6, 6.07) is 29.5. The van der Waals surface area contributed by atoms with E-state index in [9.17, 15) is 9.90 Å². The van der Waals surface area contributed by atoms with Crippen molar-refractivity contribution in [2.45, 2.75) is 6.42 Å². The third-order valence-corrected chi connectivity index (χ3v) is 5.24. The van der Waals surface area contributed by atoms with E-state index < -0.39 is 5.97 Å². The number of carboxylic acid groups (broad SMARTS) is 1. The Morgan fingerprint density at radius 1 is 0.800 bits per heavy atom. The van der Waals surface area contributed by atoms with Crippen LogP contribution in [-0.2, 0) is 11.2 Å². The molecule has 2 N–H and O–H groups in total. The Hall–Kier alpha value is -4.05. The first-order valence-corrected chi connectivity index (χ1v) is 9.76. The summed E-state index contributed by atoms with van der Waals surface area (Å²) in [6.07, 6.45) is -0.0760. The molecule has 0 fully saturated rings. The number of H-pyrrole nitrogens is 1. The van der Waals surface area contributed by atoms with Gasteiger partial charge in [-0.2, -0.15) is 0 Å². The van der Waals surface area contributed by atoms with E-state index >= 15 is 0 Å². The largest absolute Gasteiger partial charge is 0.481 e. The normalized spacial score (nSPS) is 11.1. The highest BCUT2D eigenvalue weighted by atomic mass is 16.5. The molecule has 4 aromatic carbocycles. The lowest BCUT2D eigenvalue weighted by atomic mass is 9.97. The summed E-state index contributed by atoms with van der Waals surface area (Å²) in [4.78, 5) is 15.1.